The standard InChI is InChI=1S/C12H26N2/c1-11(2)5-9-14(3)10-8-12(13)6-4-7-12/h11H,4-10,13H2,1-3H3. The Bertz CT molecular complexity index is 162. The van der Waals surface area contributed by atoms with Gasteiger partial charge in [0.25, 0.3) is 0 Å². The highest BCUT2D eigenvalue weighted by Gasteiger charge is 2.31. The average Bonchev–Trinajstić information content (AvgIpc) is 2.08. The predicted molar refractivity (Wildman–Crippen MR) is 62.3 cm³/mol. The molecule has 0 heterocycles. The van der Waals surface area contributed by atoms with Crippen LogP contribution in [0.25, 0.3) is 0 Å². The fourth-order valence-electron chi connectivity index (χ4n) is 1.88. The molecule has 0 bridgehead atoms. The van der Waals surface area contributed by atoms with Crippen molar-refractivity contribution in [2.24, 2.45) is 11.7 Å². The SMILES string of the molecule is CC(C)CCN(C)CCC1(N)CCC1. The molecule has 1 saturated carbocycles. The molecular weight excluding hydrogens is 172 g/mol. The van der Waals surface area contributed by atoms with Gasteiger partial charge in [-0.25, -0.2) is 0 Å². The minimum Gasteiger partial charge on any atom is -0.325 e. The lowest BCUT2D eigenvalue weighted by atomic mass is 9.75. The van der Waals surface area contributed by atoms with Crippen molar-refractivity contribution in [3.8, 4) is 0 Å². The summed E-state index contributed by atoms with van der Waals surface area (Å²) in [5.41, 5.74) is 6.38. The Morgan fingerprint density at radius 2 is 1.93 bits per heavy atom. The van der Waals surface area contributed by atoms with E-state index in [4.69, 9.17) is 5.73 Å². The number of nitrogens with two attached hydrogens (primary N) is 1. The first-order valence-corrected chi connectivity index (χ1v) is 5.99. The van der Waals surface area contributed by atoms with Gasteiger partial charge in [0.2, 0.25) is 0 Å². The van der Waals surface area contributed by atoms with Crippen LogP contribution in [0.1, 0.15) is 46.0 Å². The molecule has 0 aromatic carbocycles. The van der Waals surface area contributed by atoms with E-state index in [1.54, 1.807) is 0 Å². The summed E-state index contributed by atoms with van der Waals surface area (Å²) in [7, 11) is 2.21. The van der Waals surface area contributed by atoms with E-state index >= 15 is 0 Å². The van der Waals surface area contributed by atoms with Crippen LogP contribution in [0.3, 0.4) is 0 Å². The molecule has 0 radical (unpaired) electrons. The number of rotatable bonds is 6. The highest BCUT2D eigenvalue weighted by atomic mass is 15.1. The van der Waals surface area contributed by atoms with E-state index in [2.05, 4.69) is 25.8 Å². The highest BCUT2D eigenvalue weighted by Crippen LogP contribution is 2.32. The molecule has 1 aliphatic rings. The summed E-state index contributed by atoms with van der Waals surface area (Å²) in [4.78, 5) is 2.42. The van der Waals surface area contributed by atoms with E-state index in [0.29, 0.717) is 0 Å². The summed E-state index contributed by atoms with van der Waals surface area (Å²) in [6, 6.07) is 0. The van der Waals surface area contributed by atoms with Crippen LogP contribution in [0.15, 0.2) is 0 Å². The summed E-state index contributed by atoms with van der Waals surface area (Å²) in [5, 5.41) is 0. The second kappa shape index (κ2) is 5.13. The fourth-order valence-corrected chi connectivity index (χ4v) is 1.88. The summed E-state index contributed by atoms with van der Waals surface area (Å²) in [6.45, 7) is 6.95. The lowest BCUT2D eigenvalue weighted by Crippen LogP contribution is -2.48. The summed E-state index contributed by atoms with van der Waals surface area (Å²) >= 11 is 0. The second-order valence-electron chi connectivity index (χ2n) is 5.45. The van der Waals surface area contributed by atoms with Crippen molar-refractivity contribution in [3.05, 3.63) is 0 Å². The van der Waals surface area contributed by atoms with Gasteiger partial charge in [0.15, 0.2) is 0 Å². The molecule has 0 atom stereocenters. The van der Waals surface area contributed by atoms with E-state index in [-0.39, 0.29) is 5.54 Å². The molecule has 1 aliphatic carbocycles. The van der Waals surface area contributed by atoms with Crippen LogP contribution in [0, 0.1) is 5.92 Å². The van der Waals surface area contributed by atoms with Gasteiger partial charge in [0.05, 0.1) is 0 Å². The van der Waals surface area contributed by atoms with Gasteiger partial charge in [-0.15, -0.1) is 0 Å². The van der Waals surface area contributed by atoms with Crippen LogP contribution in [0.4, 0.5) is 0 Å². The molecule has 0 aliphatic heterocycles. The molecule has 1 fully saturated rings. The quantitative estimate of drug-likeness (QED) is 0.709. The van der Waals surface area contributed by atoms with Gasteiger partial charge < -0.3 is 10.6 Å². The van der Waals surface area contributed by atoms with Gasteiger partial charge >= 0.3 is 0 Å². The third-order valence-electron chi connectivity index (χ3n) is 3.43. The Morgan fingerprint density at radius 1 is 1.29 bits per heavy atom. The van der Waals surface area contributed by atoms with Gasteiger partial charge in [-0.3, -0.25) is 0 Å². The van der Waals surface area contributed by atoms with Crippen molar-refractivity contribution >= 4 is 0 Å². The molecule has 0 amide bonds. The van der Waals surface area contributed by atoms with Gasteiger partial charge in [0, 0.05) is 5.54 Å². The van der Waals surface area contributed by atoms with Crippen molar-refractivity contribution in [2.75, 3.05) is 20.1 Å². The Hall–Kier alpha value is -0.0800. The molecule has 0 unspecified atom stereocenters. The highest BCUT2D eigenvalue weighted by molar-refractivity contribution is 4.92. The zero-order valence-corrected chi connectivity index (χ0v) is 10.1. The van der Waals surface area contributed by atoms with Crippen LogP contribution in [-0.4, -0.2) is 30.6 Å². The Morgan fingerprint density at radius 3 is 2.36 bits per heavy atom. The third kappa shape index (κ3) is 3.97. The van der Waals surface area contributed by atoms with Gasteiger partial charge in [0.1, 0.15) is 0 Å². The van der Waals surface area contributed by atoms with E-state index in [0.717, 1.165) is 5.92 Å². The van der Waals surface area contributed by atoms with Crippen LogP contribution in [-0.2, 0) is 0 Å². The van der Waals surface area contributed by atoms with E-state index in [9.17, 15) is 0 Å². The maximum Gasteiger partial charge on any atom is 0.0166 e. The summed E-state index contributed by atoms with van der Waals surface area (Å²) in [6.07, 6.45) is 6.30. The second-order valence-corrected chi connectivity index (χ2v) is 5.45. The zero-order chi connectivity index (χ0) is 10.6. The topological polar surface area (TPSA) is 29.3 Å². The third-order valence-corrected chi connectivity index (χ3v) is 3.43. The molecule has 0 aromatic heterocycles. The number of nitrogens with zero attached hydrogens (tertiary/aromatic N) is 1. The smallest absolute Gasteiger partial charge is 0.0166 e. The van der Waals surface area contributed by atoms with E-state index < -0.39 is 0 Å². The molecule has 0 saturated heterocycles. The molecule has 84 valence electrons. The van der Waals surface area contributed by atoms with Crippen molar-refractivity contribution < 1.29 is 0 Å². The van der Waals surface area contributed by atoms with Crippen molar-refractivity contribution in [1.82, 2.24) is 4.90 Å². The minimum absolute atomic E-state index is 0.200. The van der Waals surface area contributed by atoms with Crippen molar-refractivity contribution in [1.29, 1.82) is 0 Å². The Balaban J connectivity index is 2.05. The largest absolute Gasteiger partial charge is 0.325 e. The molecule has 2 heteroatoms. The average molecular weight is 198 g/mol. The summed E-state index contributed by atoms with van der Waals surface area (Å²) < 4.78 is 0. The molecular formula is C12H26N2. The van der Waals surface area contributed by atoms with E-state index in [1.165, 1.54) is 45.2 Å². The van der Waals surface area contributed by atoms with Crippen LogP contribution < -0.4 is 5.73 Å². The first-order valence-electron chi connectivity index (χ1n) is 5.99. The molecule has 2 nitrogen and oxygen atoms in total. The minimum atomic E-state index is 0.200. The van der Waals surface area contributed by atoms with Crippen molar-refractivity contribution in [2.45, 2.75) is 51.5 Å². The lowest BCUT2D eigenvalue weighted by Gasteiger charge is -2.39. The van der Waals surface area contributed by atoms with Crippen LogP contribution >= 0.6 is 0 Å². The molecule has 1 rings (SSSR count). The maximum absolute atomic E-state index is 6.18. The molecule has 0 aromatic rings. The van der Waals surface area contributed by atoms with Gasteiger partial charge in [-0.05, 0) is 58.2 Å². The monoisotopic (exact) mass is 198 g/mol. The Kier molecular flexibility index (Phi) is 4.39. The van der Waals surface area contributed by atoms with Gasteiger partial charge in [-0.2, -0.15) is 0 Å². The lowest BCUT2D eigenvalue weighted by molar-refractivity contribution is 0.193. The van der Waals surface area contributed by atoms with Crippen LogP contribution in [0.2, 0.25) is 0 Å². The zero-order valence-electron chi connectivity index (χ0n) is 10.1. The fraction of sp³-hybridized carbons (Fsp3) is 1.00. The first kappa shape index (κ1) is 12.0. The van der Waals surface area contributed by atoms with Gasteiger partial charge in [-0.1, -0.05) is 13.8 Å². The molecule has 2 N–H and O–H groups in total. The normalized spacial score (nSPS) is 20.1. The Labute approximate surface area is 88.8 Å². The molecule has 14 heavy (non-hydrogen) atoms. The summed E-state index contributed by atoms with van der Waals surface area (Å²) in [5.74, 6) is 0.813. The molecule has 0 spiro atoms. The van der Waals surface area contributed by atoms with E-state index in [1.807, 2.05) is 0 Å². The number of hydrogen-bond donors (Lipinski definition) is 1. The first-order chi connectivity index (χ1) is 6.52. The van der Waals surface area contributed by atoms with Crippen LogP contribution in [0.5, 0.6) is 0 Å². The number of hydrogen-bond acceptors (Lipinski definition) is 2. The maximum atomic E-state index is 6.18. The predicted octanol–water partition coefficient (Wildman–Crippen LogP) is 2.24. The van der Waals surface area contributed by atoms with Crippen molar-refractivity contribution in [3.63, 3.8) is 0 Å².